The summed E-state index contributed by atoms with van der Waals surface area (Å²) in [6.07, 6.45) is 1.00. The molecule has 0 radical (unpaired) electrons. The number of imide groups is 1. The van der Waals surface area contributed by atoms with E-state index in [1.165, 1.54) is 4.90 Å². The van der Waals surface area contributed by atoms with Crippen LogP contribution in [0.4, 0.5) is 5.69 Å². The summed E-state index contributed by atoms with van der Waals surface area (Å²) in [5.74, 6) is 0.184. The topological polar surface area (TPSA) is 53.1 Å². The van der Waals surface area contributed by atoms with E-state index in [0.29, 0.717) is 5.69 Å². The first-order valence-corrected chi connectivity index (χ1v) is 9.31. The van der Waals surface area contributed by atoms with Gasteiger partial charge in [0.2, 0.25) is 5.91 Å². The smallest absolute Gasteiger partial charge is 0.253 e. The minimum atomic E-state index is -0.410. The molecule has 2 amide bonds. The molecule has 0 N–H and O–H groups in total. The van der Waals surface area contributed by atoms with Gasteiger partial charge in [-0.3, -0.25) is 9.59 Å². The number of carbonyl (C=O) groups is 2. The highest BCUT2D eigenvalue weighted by Gasteiger charge is 2.62. The van der Waals surface area contributed by atoms with E-state index in [4.69, 9.17) is 4.74 Å². The zero-order chi connectivity index (χ0) is 18.5. The van der Waals surface area contributed by atoms with Crippen molar-refractivity contribution >= 4 is 17.5 Å². The van der Waals surface area contributed by atoms with Gasteiger partial charge in [0.05, 0.1) is 24.8 Å². The molecule has 0 aromatic heterocycles. The predicted molar refractivity (Wildman–Crippen MR) is 100.0 cm³/mol. The zero-order valence-electron chi connectivity index (χ0n) is 15.1. The monoisotopic (exact) mass is 363 g/mol. The van der Waals surface area contributed by atoms with Crippen LogP contribution in [0.5, 0.6) is 5.75 Å². The predicted octanol–water partition coefficient (Wildman–Crippen LogP) is 2.23. The average molecular weight is 363 g/mol. The van der Waals surface area contributed by atoms with Gasteiger partial charge >= 0.3 is 0 Å². The number of para-hydroxylation sites is 1. The van der Waals surface area contributed by atoms with Crippen LogP contribution in [0, 0.1) is 5.92 Å². The van der Waals surface area contributed by atoms with Crippen molar-refractivity contribution in [2.45, 2.75) is 18.5 Å². The molecule has 0 saturated carbocycles. The van der Waals surface area contributed by atoms with Gasteiger partial charge in [0.15, 0.2) is 0 Å². The number of benzene rings is 2. The molecule has 138 valence electrons. The maximum Gasteiger partial charge on any atom is 0.253 e. The van der Waals surface area contributed by atoms with Gasteiger partial charge < -0.3 is 4.74 Å². The lowest BCUT2D eigenvalue weighted by molar-refractivity contribution is -0.126. The van der Waals surface area contributed by atoms with Crippen molar-refractivity contribution in [3.63, 3.8) is 0 Å². The van der Waals surface area contributed by atoms with Crippen molar-refractivity contribution in [2.75, 3.05) is 25.1 Å². The fourth-order valence-electron chi connectivity index (χ4n) is 4.75. The van der Waals surface area contributed by atoms with Crippen LogP contribution in [0.2, 0.25) is 0 Å². The van der Waals surface area contributed by atoms with E-state index in [2.05, 4.69) is 10.0 Å². The van der Waals surface area contributed by atoms with Crippen molar-refractivity contribution in [1.29, 1.82) is 0 Å². The molecule has 0 unspecified atom stereocenters. The van der Waals surface area contributed by atoms with E-state index in [-0.39, 0.29) is 23.8 Å². The number of fused-ring (bicyclic) bond motifs is 3. The molecule has 2 aromatic rings. The van der Waals surface area contributed by atoms with E-state index in [1.54, 1.807) is 7.11 Å². The summed E-state index contributed by atoms with van der Waals surface area (Å²) in [4.78, 5) is 28.0. The van der Waals surface area contributed by atoms with Gasteiger partial charge in [-0.2, -0.15) is 0 Å². The van der Waals surface area contributed by atoms with Crippen LogP contribution in [0.1, 0.15) is 18.0 Å². The summed E-state index contributed by atoms with van der Waals surface area (Å²) >= 11 is 0. The van der Waals surface area contributed by atoms with E-state index < -0.39 is 6.04 Å². The minimum Gasteiger partial charge on any atom is -0.497 e. The quantitative estimate of drug-likeness (QED) is 0.783. The molecule has 5 rings (SSSR count). The first-order valence-electron chi connectivity index (χ1n) is 9.31. The second-order valence-electron chi connectivity index (χ2n) is 7.22. The molecule has 0 bridgehead atoms. The number of rotatable bonds is 3. The van der Waals surface area contributed by atoms with Crippen molar-refractivity contribution in [1.82, 2.24) is 10.0 Å². The van der Waals surface area contributed by atoms with Gasteiger partial charge in [-0.1, -0.05) is 30.3 Å². The molecule has 0 aliphatic carbocycles. The minimum absolute atomic E-state index is 0.105. The molecule has 3 atom stereocenters. The van der Waals surface area contributed by atoms with Crippen molar-refractivity contribution in [3.8, 4) is 5.75 Å². The van der Waals surface area contributed by atoms with Crippen LogP contribution in [0.15, 0.2) is 54.6 Å². The Kier molecular flexibility index (Phi) is 3.77. The Labute approximate surface area is 157 Å². The highest BCUT2D eigenvalue weighted by atomic mass is 16.5. The second kappa shape index (κ2) is 6.18. The molecular formula is C21H21N3O3. The number of hydrogen-bond acceptors (Lipinski definition) is 5. The number of anilines is 1. The Bertz CT molecular complexity index is 883. The van der Waals surface area contributed by atoms with Gasteiger partial charge in [-0.25, -0.2) is 14.9 Å². The Morgan fingerprint density at radius 3 is 2.19 bits per heavy atom. The fraction of sp³-hybridized carbons (Fsp3) is 0.333. The van der Waals surface area contributed by atoms with E-state index in [1.807, 2.05) is 54.6 Å². The molecule has 3 heterocycles. The molecule has 2 aromatic carbocycles. The molecule has 6 heteroatoms. The molecule has 6 nitrogen and oxygen atoms in total. The van der Waals surface area contributed by atoms with Gasteiger partial charge in [-0.05, 0) is 36.2 Å². The highest BCUT2D eigenvalue weighted by molar-refractivity contribution is 6.24. The Hall–Kier alpha value is -2.70. The number of amides is 2. The Balaban J connectivity index is 1.57. The standard InChI is InChI=1S/C21H21N3O3/c1-27-16-10-8-14(9-11-16)18-17-19(23-13-5-12-22(18)23)21(26)24(20(17)25)15-6-3-2-4-7-15/h2-4,6-11,17-19H,5,12-13H2,1H3/t17-,18-,19-/m1/s1. The fourth-order valence-corrected chi connectivity index (χ4v) is 4.75. The number of methoxy groups -OCH3 is 1. The summed E-state index contributed by atoms with van der Waals surface area (Å²) in [6.45, 7) is 1.69. The van der Waals surface area contributed by atoms with Crippen LogP contribution in [-0.2, 0) is 9.59 Å². The van der Waals surface area contributed by atoms with Crippen LogP contribution in [0.25, 0.3) is 0 Å². The van der Waals surface area contributed by atoms with Crippen LogP contribution < -0.4 is 9.64 Å². The summed E-state index contributed by atoms with van der Waals surface area (Å²) in [5.41, 5.74) is 1.70. The lowest BCUT2D eigenvalue weighted by atomic mass is 9.90. The summed E-state index contributed by atoms with van der Waals surface area (Å²) in [5, 5.41) is 4.33. The molecule has 27 heavy (non-hydrogen) atoms. The zero-order valence-corrected chi connectivity index (χ0v) is 15.1. The van der Waals surface area contributed by atoms with Crippen LogP contribution >= 0.6 is 0 Å². The molecule has 0 spiro atoms. The van der Waals surface area contributed by atoms with Gasteiger partial charge in [0.25, 0.3) is 5.91 Å². The third-order valence-electron chi connectivity index (χ3n) is 5.88. The highest BCUT2D eigenvalue weighted by Crippen LogP contribution is 2.48. The number of carbonyl (C=O) groups excluding carboxylic acids is 2. The second-order valence-corrected chi connectivity index (χ2v) is 7.22. The first-order chi connectivity index (χ1) is 13.2. The summed E-state index contributed by atoms with van der Waals surface area (Å²) in [6, 6.07) is 16.6. The average Bonchev–Trinajstić information content (AvgIpc) is 3.35. The van der Waals surface area contributed by atoms with Crippen molar-refractivity contribution in [2.24, 2.45) is 5.92 Å². The van der Waals surface area contributed by atoms with Crippen LogP contribution in [0.3, 0.4) is 0 Å². The van der Waals surface area contributed by atoms with E-state index >= 15 is 0 Å². The first kappa shape index (κ1) is 16.5. The maximum atomic E-state index is 13.4. The normalized spacial score (nSPS) is 27.9. The SMILES string of the molecule is COc1ccc([C@@H]2[C@H]3C(=O)N(c4ccccc4)C(=O)[C@@H]3N3CCCN23)cc1. The molecular weight excluding hydrogens is 342 g/mol. The maximum absolute atomic E-state index is 13.4. The van der Waals surface area contributed by atoms with Crippen molar-refractivity contribution in [3.05, 3.63) is 60.2 Å². The van der Waals surface area contributed by atoms with Gasteiger partial charge in [-0.15, -0.1) is 0 Å². The lowest BCUT2D eigenvalue weighted by Gasteiger charge is -2.29. The van der Waals surface area contributed by atoms with Crippen LogP contribution in [-0.4, -0.2) is 48.1 Å². The number of hydrazine groups is 1. The number of nitrogens with zero attached hydrogens (tertiary/aromatic N) is 3. The molecule has 3 saturated heterocycles. The summed E-state index contributed by atoms with van der Waals surface area (Å²) in [7, 11) is 1.64. The Morgan fingerprint density at radius 2 is 1.52 bits per heavy atom. The van der Waals surface area contributed by atoms with Gasteiger partial charge in [0, 0.05) is 13.1 Å². The van der Waals surface area contributed by atoms with Crippen molar-refractivity contribution < 1.29 is 14.3 Å². The van der Waals surface area contributed by atoms with Gasteiger partial charge in [0.1, 0.15) is 11.8 Å². The van der Waals surface area contributed by atoms with E-state index in [9.17, 15) is 9.59 Å². The number of hydrogen-bond donors (Lipinski definition) is 0. The van der Waals surface area contributed by atoms with E-state index in [0.717, 1.165) is 30.8 Å². The number of ether oxygens (including phenoxy) is 1. The Morgan fingerprint density at radius 1 is 0.852 bits per heavy atom. The summed E-state index contributed by atoms with van der Waals surface area (Å²) < 4.78 is 5.26. The largest absolute Gasteiger partial charge is 0.497 e. The third kappa shape index (κ3) is 2.33. The molecule has 3 aliphatic heterocycles. The molecule has 3 aliphatic rings. The molecule has 3 fully saturated rings. The third-order valence-corrected chi connectivity index (χ3v) is 5.88. The lowest BCUT2D eigenvalue weighted by Crippen LogP contribution is -2.44.